The summed E-state index contributed by atoms with van der Waals surface area (Å²) < 4.78 is 17.8. The van der Waals surface area contributed by atoms with Crippen LogP contribution in [0, 0.1) is 0 Å². The van der Waals surface area contributed by atoms with E-state index in [-0.39, 0.29) is 0 Å². The first-order chi connectivity index (χ1) is 12.2. The lowest BCUT2D eigenvalue weighted by atomic mass is 10.4. The Morgan fingerprint density at radius 2 is 1.72 bits per heavy atom. The van der Waals surface area contributed by atoms with Gasteiger partial charge in [0.05, 0.1) is 17.9 Å². The molecule has 0 spiro atoms. The van der Waals surface area contributed by atoms with E-state index in [1.165, 1.54) is 45.5 Å². The fraction of sp³-hybridized carbons (Fsp3) is 0.333. The Morgan fingerprint density at radius 3 is 2.32 bits per heavy atom. The van der Waals surface area contributed by atoms with Crippen LogP contribution in [0.4, 0.5) is 5.82 Å². The molecule has 4 rings (SSSR count). The first kappa shape index (κ1) is 17.4. The summed E-state index contributed by atoms with van der Waals surface area (Å²) >= 11 is 0. The van der Waals surface area contributed by atoms with Crippen molar-refractivity contribution in [3.05, 3.63) is 36.7 Å². The van der Waals surface area contributed by atoms with Crippen LogP contribution in [0.5, 0.6) is 5.88 Å². The van der Waals surface area contributed by atoms with E-state index in [0.29, 0.717) is 32.5 Å². The van der Waals surface area contributed by atoms with Crippen molar-refractivity contribution in [1.82, 2.24) is 15.0 Å². The summed E-state index contributed by atoms with van der Waals surface area (Å²) in [6.45, 7) is 0. The number of anilines is 1. The van der Waals surface area contributed by atoms with Gasteiger partial charge in [0.25, 0.3) is 0 Å². The smallest absolute Gasteiger partial charge is 0.241 e. The van der Waals surface area contributed by atoms with Crippen LogP contribution in [-0.4, -0.2) is 26.3 Å². The number of ether oxygens (including phenoxy) is 1. The molecule has 3 N–H and O–H groups in total. The molecule has 0 amide bonds. The Bertz CT molecular complexity index is 853. The van der Waals surface area contributed by atoms with Gasteiger partial charge in [-0.25, -0.2) is 9.19 Å². The van der Waals surface area contributed by atoms with Gasteiger partial charge in [-0.2, -0.15) is 4.98 Å². The molecule has 1 atom stereocenters. The van der Waals surface area contributed by atoms with Crippen molar-refractivity contribution < 1.29 is 8.95 Å². The van der Waals surface area contributed by atoms with E-state index in [1.807, 2.05) is 18.2 Å². The number of hydrogen-bond acceptors (Lipinski definition) is 5. The summed E-state index contributed by atoms with van der Waals surface area (Å²) in [5, 5.41) is 0. The predicted octanol–water partition coefficient (Wildman–Crippen LogP) is 3.67. The topological polar surface area (TPSA) is 93.9 Å². The molecule has 6 nitrogen and oxygen atoms in total. The lowest BCUT2D eigenvalue weighted by molar-refractivity contribution is 0.402. The number of aromatic nitrogens is 3. The third kappa shape index (κ3) is 3.82. The highest BCUT2D eigenvalue weighted by molar-refractivity contribution is 7.85. The highest BCUT2D eigenvalue weighted by Crippen LogP contribution is 2.32. The first-order valence-electron chi connectivity index (χ1n) is 8.35. The van der Waals surface area contributed by atoms with E-state index in [1.54, 1.807) is 12.1 Å². The third-order valence-corrected chi connectivity index (χ3v) is 5.60. The van der Waals surface area contributed by atoms with Gasteiger partial charge in [-0.15, -0.1) is 0 Å². The second-order valence-electron chi connectivity index (χ2n) is 5.82. The molecular formula is C18H22N4O2S. The van der Waals surface area contributed by atoms with Gasteiger partial charge in [0, 0.05) is 4.90 Å². The Balaban J connectivity index is 0.000000314. The van der Waals surface area contributed by atoms with E-state index < -0.39 is 10.8 Å². The lowest BCUT2D eigenvalue weighted by Gasteiger charge is -2.02. The van der Waals surface area contributed by atoms with Gasteiger partial charge in [-0.3, -0.25) is 0 Å². The monoisotopic (exact) mass is 358 g/mol. The van der Waals surface area contributed by atoms with Crippen LogP contribution in [-0.2, 0) is 10.8 Å². The molecule has 2 aromatic heterocycles. The van der Waals surface area contributed by atoms with E-state index in [4.69, 9.17) is 10.5 Å². The summed E-state index contributed by atoms with van der Waals surface area (Å²) in [5.41, 5.74) is 7.00. The molecule has 25 heavy (non-hydrogen) atoms. The molecule has 1 saturated carbocycles. The minimum absolute atomic E-state index is 0.306. The normalized spacial score (nSPS) is 14.8. The fourth-order valence-corrected chi connectivity index (χ4v) is 4.08. The number of fused-ring (bicyclic) bond motifs is 1. The van der Waals surface area contributed by atoms with E-state index in [0.717, 1.165) is 0 Å². The summed E-state index contributed by atoms with van der Waals surface area (Å²) in [4.78, 5) is 12.2. The van der Waals surface area contributed by atoms with Gasteiger partial charge in [0.15, 0.2) is 0 Å². The standard InChI is InChI=1S/C13H12N4O2S.C5H10/c1-19-13-10-9(15-7-16-13)11(12(14)17-10)20(18)8-5-3-2-4-6-8;1-2-4-5-3-1/h2-7,17H,14H2,1H3;1-5H2. The zero-order valence-electron chi connectivity index (χ0n) is 14.2. The number of rotatable bonds is 3. The zero-order valence-corrected chi connectivity index (χ0v) is 15.0. The van der Waals surface area contributed by atoms with Crippen LogP contribution < -0.4 is 10.5 Å². The number of nitrogens with two attached hydrogens (primary N) is 1. The van der Waals surface area contributed by atoms with Crippen LogP contribution in [0.3, 0.4) is 0 Å². The molecule has 132 valence electrons. The highest BCUT2D eigenvalue weighted by atomic mass is 32.2. The summed E-state index contributed by atoms with van der Waals surface area (Å²) in [7, 11) is 0.0924. The number of methoxy groups -OCH3 is 1. The van der Waals surface area contributed by atoms with Crippen LogP contribution >= 0.6 is 0 Å². The number of benzene rings is 1. The van der Waals surface area contributed by atoms with Gasteiger partial charge >= 0.3 is 0 Å². The van der Waals surface area contributed by atoms with Crippen molar-refractivity contribution in [2.24, 2.45) is 0 Å². The molecule has 1 aliphatic carbocycles. The Hall–Kier alpha value is -2.41. The zero-order chi connectivity index (χ0) is 17.6. The van der Waals surface area contributed by atoms with Crippen LogP contribution in [0.2, 0.25) is 0 Å². The maximum atomic E-state index is 12.7. The minimum atomic E-state index is -1.41. The molecule has 3 aromatic rings. The fourth-order valence-electron chi connectivity index (χ4n) is 2.86. The molecule has 1 aromatic carbocycles. The van der Waals surface area contributed by atoms with E-state index in [2.05, 4.69) is 15.0 Å². The maximum Gasteiger partial charge on any atom is 0.241 e. The summed E-state index contributed by atoms with van der Waals surface area (Å²) in [5.74, 6) is 0.680. The second kappa shape index (κ2) is 8.11. The summed E-state index contributed by atoms with van der Waals surface area (Å²) in [6.07, 6.45) is 8.86. The predicted molar refractivity (Wildman–Crippen MR) is 99.1 cm³/mol. The number of nitrogen functional groups attached to an aromatic ring is 1. The van der Waals surface area contributed by atoms with Crippen LogP contribution in [0.15, 0.2) is 46.5 Å². The van der Waals surface area contributed by atoms with Crippen molar-refractivity contribution in [2.45, 2.75) is 41.9 Å². The molecule has 1 unspecified atom stereocenters. The third-order valence-electron chi connectivity index (χ3n) is 4.12. The molecule has 1 fully saturated rings. The van der Waals surface area contributed by atoms with Gasteiger partial charge in [0.2, 0.25) is 5.88 Å². The Labute approximate surface area is 149 Å². The number of nitrogens with one attached hydrogen (secondary N) is 1. The molecule has 1 aliphatic rings. The molecule has 0 radical (unpaired) electrons. The largest absolute Gasteiger partial charge is 0.479 e. The van der Waals surface area contributed by atoms with Crippen molar-refractivity contribution >= 4 is 27.7 Å². The minimum Gasteiger partial charge on any atom is -0.479 e. The number of H-pyrrole nitrogens is 1. The van der Waals surface area contributed by atoms with Gasteiger partial charge < -0.3 is 15.5 Å². The average Bonchev–Trinajstić information content (AvgIpc) is 3.32. The molecular weight excluding hydrogens is 336 g/mol. The SMILES string of the molecule is C1CCCC1.COc1ncnc2c(S(=O)c3ccccc3)c(N)[nH]c12. The average molecular weight is 358 g/mol. The van der Waals surface area contributed by atoms with Crippen molar-refractivity contribution in [1.29, 1.82) is 0 Å². The van der Waals surface area contributed by atoms with E-state index >= 15 is 0 Å². The molecule has 0 aliphatic heterocycles. The van der Waals surface area contributed by atoms with Gasteiger partial charge in [-0.05, 0) is 12.1 Å². The molecule has 0 bridgehead atoms. The van der Waals surface area contributed by atoms with E-state index in [9.17, 15) is 4.21 Å². The quantitative estimate of drug-likeness (QED) is 0.745. The van der Waals surface area contributed by atoms with Gasteiger partial charge in [0.1, 0.15) is 28.1 Å². The number of nitrogens with zero attached hydrogens (tertiary/aromatic N) is 2. The second-order valence-corrected chi connectivity index (χ2v) is 7.24. The Kier molecular flexibility index (Phi) is 5.65. The molecule has 2 heterocycles. The number of aromatic amines is 1. The maximum absolute atomic E-state index is 12.7. The van der Waals surface area contributed by atoms with Crippen molar-refractivity contribution in [2.75, 3.05) is 12.8 Å². The lowest BCUT2D eigenvalue weighted by Crippen LogP contribution is -1.97. The van der Waals surface area contributed by atoms with Crippen molar-refractivity contribution in [3.63, 3.8) is 0 Å². The molecule has 0 saturated heterocycles. The highest BCUT2D eigenvalue weighted by Gasteiger charge is 2.20. The van der Waals surface area contributed by atoms with Crippen LogP contribution in [0.25, 0.3) is 11.0 Å². The van der Waals surface area contributed by atoms with Crippen LogP contribution in [0.1, 0.15) is 32.1 Å². The number of hydrogen-bond donors (Lipinski definition) is 2. The van der Waals surface area contributed by atoms with Crippen molar-refractivity contribution in [3.8, 4) is 5.88 Å². The molecule has 7 heteroatoms. The first-order valence-corrected chi connectivity index (χ1v) is 9.50. The van der Waals surface area contributed by atoms with Gasteiger partial charge in [-0.1, -0.05) is 50.3 Å². The Morgan fingerprint density at radius 1 is 1.08 bits per heavy atom. The summed E-state index contributed by atoms with van der Waals surface area (Å²) in [6, 6.07) is 9.09.